The molecule has 1 amide bonds. The van der Waals surface area contributed by atoms with Crippen molar-refractivity contribution >= 4 is 17.5 Å². The lowest BCUT2D eigenvalue weighted by Gasteiger charge is -2.16. The van der Waals surface area contributed by atoms with Gasteiger partial charge >= 0.3 is 6.18 Å². The average molecular weight is 427 g/mol. The maximum Gasteiger partial charge on any atom is 0.416 e. The average Bonchev–Trinajstić information content (AvgIpc) is 3.11. The van der Waals surface area contributed by atoms with Crippen molar-refractivity contribution in [2.24, 2.45) is 0 Å². The number of hydrogen-bond acceptors (Lipinski definition) is 3. The molecule has 0 spiro atoms. The molecule has 0 unspecified atom stereocenters. The van der Waals surface area contributed by atoms with Gasteiger partial charge in [-0.15, -0.1) is 5.10 Å². The highest BCUT2D eigenvalue weighted by Crippen LogP contribution is 2.29. The van der Waals surface area contributed by atoms with E-state index in [0.717, 1.165) is 12.1 Å². The molecule has 3 rings (SSSR count). The van der Waals surface area contributed by atoms with E-state index in [0.29, 0.717) is 11.1 Å². The van der Waals surface area contributed by atoms with Crippen LogP contribution in [0.25, 0.3) is 0 Å². The third-order valence-corrected chi connectivity index (χ3v) is 4.48. The number of halogens is 5. The molecular formula is C19H15ClF4N4O. The first-order valence-electron chi connectivity index (χ1n) is 8.39. The Morgan fingerprint density at radius 2 is 1.97 bits per heavy atom. The molecule has 0 fully saturated rings. The minimum absolute atomic E-state index is 0.0257. The van der Waals surface area contributed by atoms with Crippen molar-refractivity contribution in [3.63, 3.8) is 0 Å². The molecule has 0 atom stereocenters. The minimum Gasteiger partial charge on any atom is -0.336 e. The first kappa shape index (κ1) is 20.8. The van der Waals surface area contributed by atoms with Crippen LogP contribution in [0.3, 0.4) is 0 Å². The first-order chi connectivity index (χ1) is 13.6. The molecule has 1 heterocycles. The van der Waals surface area contributed by atoms with Crippen molar-refractivity contribution in [2.45, 2.75) is 19.3 Å². The van der Waals surface area contributed by atoms with Crippen LogP contribution in [0.15, 0.2) is 48.7 Å². The molecule has 29 heavy (non-hydrogen) atoms. The lowest BCUT2D eigenvalue weighted by atomic mass is 10.1. The van der Waals surface area contributed by atoms with Gasteiger partial charge in [0.25, 0.3) is 5.91 Å². The van der Waals surface area contributed by atoms with E-state index in [9.17, 15) is 22.4 Å². The van der Waals surface area contributed by atoms with Crippen LogP contribution in [0.5, 0.6) is 0 Å². The summed E-state index contributed by atoms with van der Waals surface area (Å²) in [6.45, 7) is 0.149. The van der Waals surface area contributed by atoms with Gasteiger partial charge in [0.1, 0.15) is 5.82 Å². The van der Waals surface area contributed by atoms with E-state index >= 15 is 0 Å². The number of hydrogen-bond donors (Lipinski definition) is 0. The van der Waals surface area contributed by atoms with Gasteiger partial charge < -0.3 is 4.90 Å². The van der Waals surface area contributed by atoms with Gasteiger partial charge in [-0.2, -0.15) is 13.2 Å². The SMILES string of the molecule is CN(Cc1cccc(C(F)(F)F)c1)C(=O)c1cn(Cc2ccc(F)cc2Cl)nn1. The van der Waals surface area contributed by atoms with Gasteiger partial charge in [-0.25, -0.2) is 9.07 Å². The lowest BCUT2D eigenvalue weighted by molar-refractivity contribution is -0.137. The summed E-state index contributed by atoms with van der Waals surface area (Å²) in [4.78, 5) is 13.8. The molecule has 152 valence electrons. The predicted octanol–water partition coefficient (Wildman–Crippen LogP) is 4.41. The van der Waals surface area contributed by atoms with Gasteiger partial charge in [-0.1, -0.05) is 35.0 Å². The summed E-state index contributed by atoms with van der Waals surface area (Å²) < 4.78 is 53.0. The second-order valence-corrected chi connectivity index (χ2v) is 6.80. The Bertz CT molecular complexity index is 1040. The van der Waals surface area contributed by atoms with Crippen LogP contribution in [0.2, 0.25) is 5.02 Å². The summed E-state index contributed by atoms with van der Waals surface area (Å²) in [5, 5.41) is 7.87. The summed E-state index contributed by atoms with van der Waals surface area (Å²) in [7, 11) is 1.46. The summed E-state index contributed by atoms with van der Waals surface area (Å²) in [6, 6.07) is 8.69. The Morgan fingerprint density at radius 3 is 2.66 bits per heavy atom. The first-order valence-corrected chi connectivity index (χ1v) is 8.77. The second kappa shape index (κ2) is 8.20. The number of aromatic nitrogens is 3. The highest BCUT2D eigenvalue weighted by atomic mass is 35.5. The third kappa shape index (κ3) is 5.11. The van der Waals surface area contributed by atoms with E-state index in [1.165, 1.54) is 53.2 Å². The van der Waals surface area contributed by atoms with Crippen molar-refractivity contribution in [2.75, 3.05) is 7.05 Å². The molecule has 0 N–H and O–H groups in total. The Kier molecular flexibility index (Phi) is 5.88. The number of amides is 1. The van der Waals surface area contributed by atoms with Gasteiger partial charge in [-0.3, -0.25) is 4.79 Å². The van der Waals surface area contributed by atoms with E-state index in [4.69, 9.17) is 11.6 Å². The Morgan fingerprint density at radius 1 is 1.21 bits per heavy atom. The van der Waals surface area contributed by atoms with Crippen LogP contribution in [-0.4, -0.2) is 32.8 Å². The Balaban J connectivity index is 1.69. The van der Waals surface area contributed by atoms with Crippen molar-refractivity contribution in [1.82, 2.24) is 19.9 Å². The van der Waals surface area contributed by atoms with Gasteiger partial charge in [0.05, 0.1) is 18.3 Å². The van der Waals surface area contributed by atoms with E-state index in [1.54, 1.807) is 0 Å². The molecule has 0 bridgehead atoms. The van der Waals surface area contributed by atoms with Crippen LogP contribution in [-0.2, 0) is 19.3 Å². The van der Waals surface area contributed by atoms with Crippen molar-refractivity contribution in [3.8, 4) is 0 Å². The van der Waals surface area contributed by atoms with E-state index < -0.39 is 23.5 Å². The van der Waals surface area contributed by atoms with Crippen molar-refractivity contribution in [1.29, 1.82) is 0 Å². The largest absolute Gasteiger partial charge is 0.416 e. The molecule has 0 saturated heterocycles. The smallest absolute Gasteiger partial charge is 0.336 e. The molecule has 3 aromatic rings. The number of rotatable bonds is 5. The highest BCUT2D eigenvalue weighted by Gasteiger charge is 2.30. The number of alkyl halides is 3. The molecule has 0 aliphatic heterocycles. The van der Waals surface area contributed by atoms with Gasteiger partial charge in [0, 0.05) is 18.6 Å². The summed E-state index contributed by atoms with van der Waals surface area (Å²) in [5.74, 6) is -0.969. The van der Waals surface area contributed by atoms with E-state index in [-0.39, 0.29) is 23.8 Å². The van der Waals surface area contributed by atoms with Crippen LogP contribution in [0.4, 0.5) is 17.6 Å². The molecule has 10 heteroatoms. The van der Waals surface area contributed by atoms with Crippen molar-refractivity contribution < 1.29 is 22.4 Å². The fraction of sp³-hybridized carbons (Fsp3) is 0.211. The Labute approximate surface area is 168 Å². The van der Waals surface area contributed by atoms with Crippen LogP contribution < -0.4 is 0 Å². The summed E-state index contributed by atoms with van der Waals surface area (Å²) >= 11 is 5.98. The molecule has 5 nitrogen and oxygen atoms in total. The van der Waals surface area contributed by atoms with Gasteiger partial charge in [-0.05, 0) is 35.4 Å². The second-order valence-electron chi connectivity index (χ2n) is 6.40. The highest BCUT2D eigenvalue weighted by molar-refractivity contribution is 6.31. The standard InChI is InChI=1S/C19H15ClF4N4O/c1-27(9-12-3-2-4-14(7-12)19(22,23)24)18(29)17-11-28(26-25-17)10-13-5-6-15(21)8-16(13)20/h2-8,11H,9-10H2,1H3. The van der Waals surface area contributed by atoms with E-state index in [2.05, 4.69) is 10.3 Å². The number of benzene rings is 2. The molecule has 0 radical (unpaired) electrons. The zero-order valence-corrected chi connectivity index (χ0v) is 15.9. The molecule has 0 aliphatic rings. The van der Waals surface area contributed by atoms with Crippen LogP contribution in [0.1, 0.15) is 27.2 Å². The zero-order valence-electron chi connectivity index (χ0n) is 15.1. The quantitative estimate of drug-likeness (QED) is 0.568. The predicted molar refractivity (Wildman–Crippen MR) is 97.8 cm³/mol. The monoisotopic (exact) mass is 426 g/mol. The molecule has 1 aromatic heterocycles. The zero-order chi connectivity index (χ0) is 21.2. The summed E-state index contributed by atoms with van der Waals surface area (Å²) in [5.41, 5.74) is 0.172. The van der Waals surface area contributed by atoms with E-state index in [1.807, 2.05) is 0 Å². The number of nitrogens with zero attached hydrogens (tertiary/aromatic N) is 4. The third-order valence-electron chi connectivity index (χ3n) is 4.13. The Hall–Kier alpha value is -2.94. The molecule has 0 aliphatic carbocycles. The van der Waals surface area contributed by atoms with Gasteiger partial charge in [0.2, 0.25) is 0 Å². The normalized spacial score (nSPS) is 11.5. The topological polar surface area (TPSA) is 51.0 Å². The van der Waals surface area contributed by atoms with Gasteiger partial charge in [0.15, 0.2) is 5.69 Å². The van der Waals surface area contributed by atoms with Crippen LogP contribution in [0, 0.1) is 5.82 Å². The molecule has 2 aromatic carbocycles. The lowest BCUT2D eigenvalue weighted by Crippen LogP contribution is -2.26. The fourth-order valence-electron chi connectivity index (χ4n) is 2.69. The molecule has 0 saturated carbocycles. The number of carbonyl (C=O) groups is 1. The summed E-state index contributed by atoms with van der Waals surface area (Å²) in [6.07, 6.45) is -3.06. The fourth-order valence-corrected chi connectivity index (χ4v) is 2.91. The molecular weight excluding hydrogens is 412 g/mol. The van der Waals surface area contributed by atoms with Crippen molar-refractivity contribution in [3.05, 3.63) is 81.9 Å². The number of carbonyl (C=O) groups excluding carboxylic acids is 1. The maximum atomic E-state index is 13.1. The maximum absolute atomic E-state index is 13.1. The minimum atomic E-state index is -4.46. The van der Waals surface area contributed by atoms with Crippen LogP contribution >= 0.6 is 11.6 Å².